The monoisotopic (exact) mass is 405 g/mol. The molecule has 3 aliphatic rings. The third-order valence-electron chi connectivity index (χ3n) is 7.64. The Morgan fingerprint density at radius 1 is 0.933 bits per heavy atom. The van der Waals surface area contributed by atoms with Gasteiger partial charge in [0, 0.05) is 12.0 Å². The van der Waals surface area contributed by atoms with E-state index in [1.54, 1.807) is 0 Å². The molecule has 0 heterocycles. The van der Waals surface area contributed by atoms with Crippen molar-refractivity contribution in [1.29, 1.82) is 0 Å². The van der Waals surface area contributed by atoms with Gasteiger partial charge in [-0.1, -0.05) is 48.5 Å². The van der Waals surface area contributed by atoms with Gasteiger partial charge in [0.15, 0.2) is 0 Å². The zero-order valence-electron chi connectivity index (χ0n) is 17.0. The van der Waals surface area contributed by atoms with Gasteiger partial charge in [-0.2, -0.15) is 0 Å². The van der Waals surface area contributed by atoms with Crippen LogP contribution in [-0.4, -0.2) is 29.8 Å². The predicted octanol–water partition coefficient (Wildman–Crippen LogP) is 4.95. The average Bonchev–Trinajstić information content (AvgIpc) is 3.09. The molecular weight excluding hydrogens is 378 g/mol. The topological polar surface area (TPSA) is 75.6 Å². The Morgan fingerprint density at radius 2 is 1.50 bits per heavy atom. The Hall–Kier alpha value is -2.82. The van der Waals surface area contributed by atoms with E-state index in [4.69, 9.17) is 4.74 Å². The molecule has 3 aliphatic carbocycles. The van der Waals surface area contributed by atoms with Gasteiger partial charge in [0.2, 0.25) is 0 Å². The van der Waals surface area contributed by atoms with E-state index >= 15 is 0 Å². The highest BCUT2D eigenvalue weighted by atomic mass is 16.5. The van der Waals surface area contributed by atoms with Crippen LogP contribution in [-0.2, 0) is 9.53 Å². The van der Waals surface area contributed by atoms with Crippen LogP contribution in [0.3, 0.4) is 0 Å². The zero-order valence-corrected chi connectivity index (χ0v) is 17.0. The van der Waals surface area contributed by atoms with Crippen LogP contribution in [0.1, 0.15) is 55.6 Å². The molecule has 2 aromatic rings. The van der Waals surface area contributed by atoms with E-state index in [1.165, 1.54) is 22.3 Å². The van der Waals surface area contributed by atoms with Gasteiger partial charge in [-0.3, -0.25) is 4.79 Å². The summed E-state index contributed by atoms with van der Waals surface area (Å²) in [5.41, 5.74) is 4.92. The number of carbonyl (C=O) groups excluding carboxylic acids is 1. The van der Waals surface area contributed by atoms with Gasteiger partial charge in [-0.25, -0.2) is 4.79 Å². The molecule has 0 radical (unpaired) electrons. The molecule has 0 saturated heterocycles. The lowest BCUT2D eigenvalue weighted by molar-refractivity contribution is -0.144. The summed E-state index contributed by atoms with van der Waals surface area (Å²) in [7, 11) is 0. The molecule has 156 valence electrons. The minimum absolute atomic E-state index is 0.0597. The van der Waals surface area contributed by atoms with Crippen molar-refractivity contribution in [2.45, 2.75) is 50.5 Å². The maximum absolute atomic E-state index is 12.6. The fraction of sp³-hybridized carbons (Fsp3) is 0.440. The van der Waals surface area contributed by atoms with Gasteiger partial charge in [0.25, 0.3) is 0 Å². The van der Waals surface area contributed by atoms with E-state index in [1.807, 2.05) is 24.3 Å². The largest absolute Gasteiger partial charge is 0.481 e. The number of ether oxygens (including phenoxy) is 1. The van der Waals surface area contributed by atoms with Crippen LogP contribution in [0.25, 0.3) is 11.1 Å². The molecule has 1 atom stereocenters. The fourth-order valence-corrected chi connectivity index (χ4v) is 5.74. The molecule has 0 bridgehead atoms. The summed E-state index contributed by atoms with van der Waals surface area (Å²) in [6, 6.07) is 16.7. The van der Waals surface area contributed by atoms with Crippen LogP contribution in [0.15, 0.2) is 48.5 Å². The van der Waals surface area contributed by atoms with E-state index in [0.29, 0.717) is 19.4 Å². The first-order valence-corrected chi connectivity index (χ1v) is 10.9. The highest BCUT2D eigenvalue weighted by Gasteiger charge is 2.50. The fourth-order valence-electron chi connectivity index (χ4n) is 5.74. The Kier molecular flexibility index (Phi) is 4.76. The Labute approximate surface area is 176 Å². The second-order valence-electron chi connectivity index (χ2n) is 9.04. The van der Waals surface area contributed by atoms with Crippen molar-refractivity contribution in [3.05, 3.63) is 59.7 Å². The summed E-state index contributed by atoms with van der Waals surface area (Å²) in [5.74, 6) is -0.860. The van der Waals surface area contributed by atoms with Crippen LogP contribution < -0.4 is 5.32 Å². The average molecular weight is 405 g/mol. The van der Waals surface area contributed by atoms with Crippen molar-refractivity contribution < 1.29 is 19.4 Å². The van der Waals surface area contributed by atoms with Crippen molar-refractivity contribution in [3.8, 4) is 11.1 Å². The number of hydrogen-bond acceptors (Lipinski definition) is 3. The van der Waals surface area contributed by atoms with Gasteiger partial charge in [0.1, 0.15) is 6.61 Å². The third kappa shape index (κ3) is 3.17. The van der Waals surface area contributed by atoms with Gasteiger partial charge < -0.3 is 15.2 Å². The first-order valence-electron chi connectivity index (χ1n) is 10.9. The highest BCUT2D eigenvalue weighted by Crippen LogP contribution is 2.53. The summed E-state index contributed by atoms with van der Waals surface area (Å²) in [6.45, 7) is 0.320. The van der Waals surface area contributed by atoms with Crippen LogP contribution in [0.2, 0.25) is 0 Å². The maximum atomic E-state index is 12.6. The summed E-state index contributed by atoms with van der Waals surface area (Å²) in [4.78, 5) is 23.8. The van der Waals surface area contributed by atoms with E-state index in [-0.39, 0.29) is 29.4 Å². The van der Waals surface area contributed by atoms with Crippen molar-refractivity contribution in [2.75, 3.05) is 6.61 Å². The SMILES string of the molecule is O=C(NC1CCC12CCC(C(=O)O)CC2)OCC1c2ccccc2-c2ccccc21. The van der Waals surface area contributed by atoms with E-state index in [2.05, 4.69) is 29.6 Å². The minimum Gasteiger partial charge on any atom is -0.481 e. The molecular formula is C25H27NO4. The second kappa shape index (κ2) is 7.46. The summed E-state index contributed by atoms with van der Waals surface area (Å²) < 4.78 is 5.70. The van der Waals surface area contributed by atoms with E-state index in [9.17, 15) is 14.7 Å². The van der Waals surface area contributed by atoms with Crippen LogP contribution in [0.4, 0.5) is 4.79 Å². The lowest BCUT2D eigenvalue weighted by Crippen LogP contribution is -2.56. The number of benzene rings is 2. The molecule has 5 nitrogen and oxygen atoms in total. The first kappa shape index (κ1) is 19.2. The minimum atomic E-state index is -0.690. The van der Waals surface area contributed by atoms with E-state index < -0.39 is 5.97 Å². The molecule has 2 N–H and O–H groups in total. The number of aliphatic carboxylic acids is 1. The summed E-state index contributed by atoms with van der Waals surface area (Å²) >= 11 is 0. The molecule has 2 fully saturated rings. The van der Waals surface area contributed by atoms with E-state index in [0.717, 1.165) is 25.7 Å². The normalized spacial score (nSPS) is 27.1. The van der Waals surface area contributed by atoms with Gasteiger partial charge >= 0.3 is 12.1 Å². The van der Waals surface area contributed by atoms with Crippen molar-refractivity contribution in [2.24, 2.45) is 11.3 Å². The smallest absolute Gasteiger partial charge is 0.407 e. The summed E-state index contributed by atoms with van der Waals surface area (Å²) in [5, 5.41) is 12.3. The highest BCUT2D eigenvalue weighted by molar-refractivity contribution is 5.79. The lowest BCUT2D eigenvalue weighted by Gasteiger charge is -2.52. The second-order valence-corrected chi connectivity index (χ2v) is 9.04. The number of carboxylic acids is 1. The number of rotatable bonds is 4. The van der Waals surface area contributed by atoms with Crippen LogP contribution >= 0.6 is 0 Å². The molecule has 5 rings (SSSR count). The van der Waals surface area contributed by atoms with Gasteiger partial charge in [0.05, 0.1) is 5.92 Å². The van der Waals surface area contributed by atoms with Crippen LogP contribution in [0, 0.1) is 11.3 Å². The number of carbonyl (C=O) groups is 2. The summed E-state index contributed by atoms with van der Waals surface area (Å²) in [6.07, 6.45) is 4.81. The third-order valence-corrected chi connectivity index (χ3v) is 7.64. The molecule has 1 unspecified atom stereocenters. The Bertz CT molecular complexity index is 931. The van der Waals surface area contributed by atoms with Crippen LogP contribution in [0.5, 0.6) is 0 Å². The maximum Gasteiger partial charge on any atom is 0.407 e. The number of nitrogens with one attached hydrogen (secondary N) is 1. The lowest BCUT2D eigenvalue weighted by atomic mass is 9.56. The predicted molar refractivity (Wildman–Crippen MR) is 113 cm³/mol. The molecule has 30 heavy (non-hydrogen) atoms. The number of hydrogen-bond donors (Lipinski definition) is 2. The standard InChI is InChI=1S/C25H27NO4/c27-23(28)16-9-12-25(13-10-16)14-11-22(25)26-24(29)30-15-21-19-7-3-1-5-17(19)18-6-2-4-8-20(18)21/h1-8,16,21-22H,9-15H2,(H,26,29)(H,27,28). The molecule has 0 aliphatic heterocycles. The number of fused-ring (bicyclic) bond motifs is 3. The number of amides is 1. The van der Waals surface area contributed by atoms with Gasteiger partial charge in [-0.05, 0) is 66.2 Å². The quantitative estimate of drug-likeness (QED) is 0.755. The van der Waals surface area contributed by atoms with Crippen molar-refractivity contribution >= 4 is 12.1 Å². The molecule has 0 aromatic heterocycles. The van der Waals surface area contributed by atoms with Crippen molar-refractivity contribution in [1.82, 2.24) is 5.32 Å². The Balaban J connectivity index is 1.21. The molecule has 1 amide bonds. The van der Waals surface area contributed by atoms with Gasteiger partial charge in [-0.15, -0.1) is 0 Å². The number of alkyl carbamates (subject to hydrolysis) is 1. The molecule has 1 spiro atoms. The molecule has 5 heteroatoms. The molecule has 2 saturated carbocycles. The Morgan fingerprint density at radius 3 is 2.03 bits per heavy atom. The zero-order chi connectivity index (χ0) is 20.7. The van der Waals surface area contributed by atoms with Crippen molar-refractivity contribution in [3.63, 3.8) is 0 Å². The first-order chi connectivity index (χ1) is 14.6. The number of carboxylic acid groups (broad SMARTS) is 1. The molecule has 2 aromatic carbocycles.